The van der Waals surface area contributed by atoms with Gasteiger partial charge in [0.05, 0.1) is 28.4 Å². The van der Waals surface area contributed by atoms with E-state index in [-0.39, 0.29) is 12.1 Å². The molecule has 0 spiro atoms. The monoisotopic (exact) mass is 393 g/mol. The van der Waals surface area contributed by atoms with Crippen LogP contribution in [0.3, 0.4) is 0 Å². The Morgan fingerprint density at radius 1 is 1.15 bits per heavy atom. The third-order valence-electron chi connectivity index (χ3n) is 3.40. The lowest BCUT2D eigenvalue weighted by Crippen LogP contribution is -2.13. The number of carboxylic acid groups (broad SMARTS) is 1. The van der Waals surface area contributed by atoms with Gasteiger partial charge in [0.15, 0.2) is 5.82 Å². The predicted octanol–water partition coefficient (Wildman–Crippen LogP) is 2.77. The fourth-order valence-electron chi connectivity index (χ4n) is 2.24. The number of amides is 1. The number of nitrogens with one attached hydrogen (secondary N) is 1. The number of carbonyl (C=O) groups excluding carboxylic acids is 1. The number of halogens is 2. The molecule has 8 nitrogen and oxygen atoms in total. The summed E-state index contributed by atoms with van der Waals surface area (Å²) in [6.45, 7) is 0.148. The van der Waals surface area contributed by atoms with E-state index in [1.54, 1.807) is 29.1 Å². The van der Waals surface area contributed by atoms with Crippen LogP contribution in [0.1, 0.15) is 15.9 Å². The van der Waals surface area contributed by atoms with Crippen molar-refractivity contribution in [3.63, 3.8) is 0 Å². The Bertz CT molecular complexity index is 966. The number of hydrogen-bond donors (Lipinski definition) is 2. The first-order chi connectivity index (χ1) is 12.4. The lowest BCUT2D eigenvalue weighted by atomic mass is 10.2. The van der Waals surface area contributed by atoms with Crippen LogP contribution in [0.4, 0.5) is 5.82 Å². The summed E-state index contributed by atoms with van der Waals surface area (Å²) in [5.74, 6) is -1.11. The number of carbonyl (C=O) groups is 2. The summed E-state index contributed by atoms with van der Waals surface area (Å²) >= 11 is 11.9. The molecular weight excluding hydrogens is 381 g/mol. The summed E-state index contributed by atoms with van der Waals surface area (Å²) in [7, 11) is 0. The van der Waals surface area contributed by atoms with Crippen molar-refractivity contribution in [1.29, 1.82) is 0 Å². The van der Waals surface area contributed by atoms with Crippen molar-refractivity contribution >= 4 is 40.9 Å². The largest absolute Gasteiger partial charge is 0.480 e. The van der Waals surface area contributed by atoms with Crippen LogP contribution in [0.15, 0.2) is 42.9 Å². The number of benzene rings is 1. The van der Waals surface area contributed by atoms with Crippen LogP contribution in [0.25, 0.3) is 0 Å². The number of carboxylic acids is 1. The number of nitrogens with zero attached hydrogens (tertiary/aromatic N) is 4. The van der Waals surface area contributed by atoms with Gasteiger partial charge in [0, 0.05) is 18.5 Å². The van der Waals surface area contributed by atoms with E-state index >= 15 is 0 Å². The van der Waals surface area contributed by atoms with Gasteiger partial charge in [-0.3, -0.25) is 19.0 Å². The first kappa shape index (κ1) is 18.0. The average Bonchev–Trinajstić information content (AvgIpc) is 3.20. The van der Waals surface area contributed by atoms with Crippen molar-refractivity contribution in [1.82, 2.24) is 19.6 Å². The number of aromatic nitrogens is 4. The van der Waals surface area contributed by atoms with E-state index in [1.165, 1.54) is 17.1 Å². The van der Waals surface area contributed by atoms with Gasteiger partial charge in [0.25, 0.3) is 5.91 Å². The molecular formula is C16H13Cl2N5O3. The molecule has 10 heteroatoms. The quantitative estimate of drug-likeness (QED) is 0.670. The van der Waals surface area contributed by atoms with Crippen molar-refractivity contribution in [2.24, 2.45) is 0 Å². The van der Waals surface area contributed by atoms with Crippen molar-refractivity contribution in [2.75, 3.05) is 5.32 Å². The Morgan fingerprint density at radius 2 is 1.96 bits per heavy atom. The highest BCUT2D eigenvalue weighted by Crippen LogP contribution is 2.23. The smallest absolute Gasteiger partial charge is 0.325 e. The Kier molecular flexibility index (Phi) is 5.24. The molecule has 0 radical (unpaired) electrons. The molecule has 0 bridgehead atoms. The second-order valence-corrected chi connectivity index (χ2v) is 6.24. The molecule has 1 aromatic carbocycles. The van der Waals surface area contributed by atoms with Crippen molar-refractivity contribution < 1.29 is 14.7 Å². The zero-order chi connectivity index (χ0) is 18.7. The van der Waals surface area contributed by atoms with E-state index < -0.39 is 11.9 Å². The van der Waals surface area contributed by atoms with E-state index in [9.17, 15) is 9.59 Å². The minimum Gasteiger partial charge on any atom is -0.480 e. The SMILES string of the molecule is O=C(O)Cn1cc(C(=O)Nc2ccn(Cc3ccc(Cl)c(Cl)c3)n2)cn1. The maximum Gasteiger partial charge on any atom is 0.325 e. The highest BCUT2D eigenvalue weighted by atomic mass is 35.5. The Labute approximate surface area is 157 Å². The Hall–Kier alpha value is -2.84. The molecule has 0 unspecified atom stereocenters. The molecule has 3 aromatic rings. The molecule has 0 aliphatic carbocycles. The van der Waals surface area contributed by atoms with Gasteiger partial charge in [0.2, 0.25) is 0 Å². The number of rotatable bonds is 6. The van der Waals surface area contributed by atoms with E-state index in [2.05, 4.69) is 15.5 Å². The predicted molar refractivity (Wildman–Crippen MR) is 95.6 cm³/mol. The number of aliphatic carboxylic acids is 1. The molecule has 0 atom stereocenters. The molecule has 3 rings (SSSR count). The molecule has 134 valence electrons. The highest BCUT2D eigenvalue weighted by Gasteiger charge is 2.12. The van der Waals surface area contributed by atoms with Gasteiger partial charge in [0.1, 0.15) is 6.54 Å². The summed E-state index contributed by atoms with van der Waals surface area (Å²) in [4.78, 5) is 22.8. The molecule has 2 heterocycles. The molecule has 2 aromatic heterocycles. The topological polar surface area (TPSA) is 102 Å². The molecule has 0 aliphatic rings. The van der Waals surface area contributed by atoms with E-state index in [4.69, 9.17) is 28.3 Å². The zero-order valence-electron chi connectivity index (χ0n) is 13.3. The normalized spacial score (nSPS) is 10.7. The van der Waals surface area contributed by atoms with Gasteiger partial charge >= 0.3 is 5.97 Å². The van der Waals surface area contributed by atoms with E-state index in [0.29, 0.717) is 22.4 Å². The standard InChI is InChI=1S/C16H13Cl2N5O3/c17-12-2-1-10(5-13(12)18)7-22-4-3-14(21-22)20-16(26)11-6-19-23(8-11)9-15(24)25/h1-6,8H,7,9H2,(H,24,25)(H,20,21,26). The minimum atomic E-state index is -1.04. The van der Waals surface area contributed by atoms with Gasteiger partial charge in [-0.2, -0.15) is 10.2 Å². The maximum atomic E-state index is 12.2. The molecule has 0 aliphatic heterocycles. The van der Waals surface area contributed by atoms with Crippen LogP contribution >= 0.6 is 23.2 Å². The van der Waals surface area contributed by atoms with Crippen LogP contribution in [0.5, 0.6) is 0 Å². The lowest BCUT2D eigenvalue weighted by molar-refractivity contribution is -0.137. The van der Waals surface area contributed by atoms with Gasteiger partial charge in [-0.05, 0) is 17.7 Å². The van der Waals surface area contributed by atoms with E-state index in [1.807, 2.05) is 6.07 Å². The summed E-state index contributed by atoms with van der Waals surface area (Å²) < 4.78 is 2.81. The lowest BCUT2D eigenvalue weighted by Gasteiger charge is -2.04. The molecule has 0 saturated carbocycles. The van der Waals surface area contributed by atoms with Crippen molar-refractivity contribution in [3.8, 4) is 0 Å². The molecule has 2 N–H and O–H groups in total. The summed E-state index contributed by atoms with van der Waals surface area (Å²) in [5, 5.41) is 20.4. The Balaban J connectivity index is 1.64. The summed E-state index contributed by atoms with van der Waals surface area (Å²) in [6, 6.07) is 6.95. The third kappa shape index (κ3) is 4.41. The van der Waals surface area contributed by atoms with Gasteiger partial charge in [-0.25, -0.2) is 0 Å². The fraction of sp³-hybridized carbons (Fsp3) is 0.125. The maximum absolute atomic E-state index is 12.2. The van der Waals surface area contributed by atoms with Crippen LogP contribution < -0.4 is 5.32 Å². The first-order valence-corrected chi connectivity index (χ1v) is 8.19. The second-order valence-electron chi connectivity index (χ2n) is 5.42. The molecule has 0 saturated heterocycles. The van der Waals surface area contributed by atoms with E-state index in [0.717, 1.165) is 5.56 Å². The molecule has 26 heavy (non-hydrogen) atoms. The average molecular weight is 394 g/mol. The number of anilines is 1. The van der Waals surface area contributed by atoms with Crippen LogP contribution in [0, 0.1) is 0 Å². The fourth-order valence-corrected chi connectivity index (χ4v) is 2.56. The van der Waals surface area contributed by atoms with Gasteiger partial charge < -0.3 is 10.4 Å². The van der Waals surface area contributed by atoms with Crippen molar-refractivity contribution in [3.05, 3.63) is 64.0 Å². The minimum absolute atomic E-state index is 0.241. The Morgan fingerprint density at radius 3 is 2.69 bits per heavy atom. The highest BCUT2D eigenvalue weighted by molar-refractivity contribution is 6.42. The van der Waals surface area contributed by atoms with Crippen molar-refractivity contribution in [2.45, 2.75) is 13.1 Å². The first-order valence-electron chi connectivity index (χ1n) is 7.43. The van der Waals surface area contributed by atoms with Gasteiger partial charge in [-0.15, -0.1) is 0 Å². The van der Waals surface area contributed by atoms with Crippen LogP contribution in [-0.2, 0) is 17.9 Å². The summed E-state index contributed by atoms with van der Waals surface area (Å²) in [5.41, 5.74) is 1.15. The second kappa shape index (κ2) is 7.59. The van der Waals surface area contributed by atoms with Crippen LogP contribution in [-0.4, -0.2) is 36.5 Å². The number of hydrogen-bond acceptors (Lipinski definition) is 4. The molecule has 0 fully saturated rings. The van der Waals surface area contributed by atoms with Crippen LogP contribution in [0.2, 0.25) is 10.0 Å². The third-order valence-corrected chi connectivity index (χ3v) is 4.14. The van der Waals surface area contributed by atoms with Gasteiger partial charge in [-0.1, -0.05) is 29.3 Å². The summed E-state index contributed by atoms with van der Waals surface area (Å²) in [6.07, 6.45) is 4.37. The molecule has 1 amide bonds. The zero-order valence-corrected chi connectivity index (χ0v) is 14.8.